The Balaban J connectivity index is 2.38. The van der Waals surface area contributed by atoms with Crippen LogP contribution in [0.2, 0.25) is 0 Å². The summed E-state index contributed by atoms with van der Waals surface area (Å²) in [5.41, 5.74) is -0.702. The third-order valence-corrected chi connectivity index (χ3v) is 4.03. The lowest BCUT2D eigenvalue weighted by Crippen LogP contribution is -2.48. The number of unbranched alkanes of at least 4 members (excludes halogenated alkanes) is 1. The van der Waals surface area contributed by atoms with Gasteiger partial charge in [-0.1, -0.05) is 26.7 Å². The third-order valence-electron chi connectivity index (χ3n) is 4.03. The molecule has 1 saturated carbocycles. The van der Waals surface area contributed by atoms with Crippen molar-refractivity contribution in [2.75, 3.05) is 6.54 Å². The van der Waals surface area contributed by atoms with E-state index in [1.54, 1.807) is 0 Å². The Labute approximate surface area is 110 Å². The van der Waals surface area contributed by atoms with E-state index in [-0.39, 0.29) is 0 Å². The Kier molecular flexibility index (Phi) is 6.09. The predicted octanol–water partition coefficient (Wildman–Crippen LogP) is 2.16. The van der Waals surface area contributed by atoms with Gasteiger partial charge in [-0.3, -0.25) is 4.79 Å². The van der Waals surface area contributed by atoms with Gasteiger partial charge in [0.1, 0.15) is 6.04 Å². The number of carboxylic acids is 1. The van der Waals surface area contributed by atoms with Gasteiger partial charge in [0, 0.05) is 6.54 Å². The van der Waals surface area contributed by atoms with Crippen LogP contribution in [0.25, 0.3) is 0 Å². The fraction of sp³-hybridized carbons (Fsp3) is 0.929. The van der Waals surface area contributed by atoms with Crippen molar-refractivity contribution >= 4 is 5.97 Å². The molecular formula is C14H27NO3. The number of aliphatic carboxylic acids is 1. The van der Waals surface area contributed by atoms with E-state index in [0.717, 1.165) is 38.5 Å². The van der Waals surface area contributed by atoms with Crippen LogP contribution in [0.5, 0.6) is 0 Å². The number of rotatable bonds is 7. The minimum Gasteiger partial charge on any atom is -0.480 e. The van der Waals surface area contributed by atoms with E-state index in [9.17, 15) is 9.90 Å². The van der Waals surface area contributed by atoms with E-state index < -0.39 is 17.6 Å². The number of nitrogens with one attached hydrogen (secondary N) is 1. The van der Waals surface area contributed by atoms with E-state index in [2.05, 4.69) is 19.2 Å². The van der Waals surface area contributed by atoms with Gasteiger partial charge in [-0.05, 0) is 38.0 Å². The normalized spacial score (nSPS) is 30.1. The molecule has 0 amide bonds. The van der Waals surface area contributed by atoms with Crippen LogP contribution in [-0.2, 0) is 4.79 Å². The van der Waals surface area contributed by atoms with Gasteiger partial charge in [0.2, 0.25) is 0 Å². The van der Waals surface area contributed by atoms with Crippen molar-refractivity contribution in [3.63, 3.8) is 0 Å². The lowest BCUT2D eigenvalue weighted by molar-refractivity contribution is -0.140. The Morgan fingerprint density at radius 3 is 2.56 bits per heavy atom. The molecule has 0 bridgehead atoms. The molecule has 0 aliphatic heterocycles. The minimum absolute atomic E-state index is 0.403. The maximum absolute atomic E-state index is 11.1. The van der Waals surface area contributed by atoms with E-state index in [4.69, 9.17) is 5.11 Å². The van der Waals surface area contributed by atoms with Crippen LogP contribution in [0, 0.1) is 5.92 Å². The van der Waals surface area contributed by atoms with Crippen LogP contribution in [0.15, 0.2) is 0 Å². The van der Waals surface area contributed by atoms with Crippen LogP contribution in [0.4, 0.5) is 0 Å². The van der Waals surface area contributed by atoms with Gasteiger partial charge in [-0.2, -0.15) is 0 Å². The van der Waals surface area contributed by atoms with Gasteiger partial charge in [0.25, 0.3) is 0 Å². The van der Waals surface area contributed by atoms with Crippen molar-refractivity contribution < 1.29 is 15.0 Å². The van der Waals surface area contributed by atoms with Crippen molar-refractivity contribution in [3.05, 3.63) is 0 Å². The highest BCUT2D eigenvalue weighted by molar-refractivity contribution is 5.73. The zero-order valence-electron chi connectivity index (χ0n) is 11.6. The smallest absolute Gasteiger partial charge is 0.320 e. The molecule has 0 saturated heterocycles. The number of carboxylic acid groups (broad SMARTS) is 1. The molecule has 1 fully saturated rings. The van der Waals surface area contributed by atoms with Crippen molar-refractivity contribution in [2.45, 2.75) is 70.4 Å². The first-order valence-electron chi connectivity index (χ1n) is 7.15. The molecule has 106 valence electrons. The summed E-state index contributed by atoms with van der Waals surface area (Å²) in [5.74, 6) is -0.128. The quantitative estimate of drug-likeness (QED) is 0.653. The van der Waals surface area contributed by atoms with E-state index in [0.29, 0.717) is 18.9 Å². The average molecular weight is 257 g/mol. The van der Waals surface area contributed by atoms with Crippen LogP contribution in [0.3, 0.4) is 0 Å². The zero-order chi connectivity index (χ0) is 13.6. The lowest BCUT2D eigenvalue weighted by Gasteiger charge is -2.35. The second-order valence-corrected chi connectivity index (χ2v) is 5.82. The first-order valence-corrected chi connectivity index (χ1v) is 7.15. The number of hydrogen-bond acceptors (Lipinski definition) is 3. The number of aliphatic hydroxyl groups is 1. The SMILES string of the molecule is CCCCC(NCC1(O)CCC(C)CC1)C(=O)O. The van der Waals surface area contributed by atoms with E-state index in [1.807, 2.05) is 0 Å². The fourth-order valence-electron chi connectivity index (χ4n) is 2.51. The summed E-state index contributed by atoms with van der Waals surface area (Å²) < 4.78 is 0. The molecule has 4 nitrogen and oxygen atoms in total. The Hall–Kier alpha value is -0.610. The molecule has 0 heterocycles. The summed E-state index contributed by atoms with van der Waals surface area (Å²) in [6.45, 7) is 4.66. The molecule has 0 spiro atoms. The average Bonchev–Trinajstić information content (AvgIpc) is 2.33. The molecule has 0 aromatic rings. The highest BCUT2D eigenvalue weighted by Crippen LogP contribution is 2.31. The second kappa shape index (κ2) is 7.10. The molecular weight excluding hydrogens is 230 g/mol. The summed E-state index contributed by atoms with van der Waals surface area (Å²) in [6, 6.07) is -0.520. The van der Waals surface area contributed by atoms with Crippen LogP contribution in [0.1, 0.15) is 58.8 Å². The fourth-order valence-corrected chi connectivity index (χ4v) is 2.51. The van der Waals surface area contributed by atoms with Crippen molar-refractivity contribution in [1.82, 2.24) is 5.32 Å². The van der Waals surface area contributed by atoms with Gasteiger partial charge in [0.15, 0.2) is 0 Å². The zero-order valence-corrected chi connectivity index (χ0v) is 11.6. The maximum Gasteiger partial charge on any atom is 0.320 e. The molecule has 3 N–H and O–H groups in total. The maximum atomic E-state index is 11.1. The van der Waals surface area contributed by atoms with Gasteiger partial charge in [-0.25, -0.2) is 0 Å². The lowest BCUT2D eigenvalue weighted by atomic mass is 9.79. The molecule has 18 heavy (non-hydrogen) atoms. The standard InChI is InChI=1S/C14H27NO3/c1-3-4-5-12(13(16)17)15-10-14(18)8-6-11(2)7-9-14/h11-12,15,18H,3-10H2,1-2H3,(H,16,17). The number of hydrogen-bond donors (Lipinski definition) is 3. The summed E-state index contributed by atoms with van der Waals surface area (Å²) in [7, 11) is 0. The Morgan fingerprint density at radius 2 is 2.06 bits per heavy atom. The highest BCUT2D eigenvalue weighted by Gasteiger charge is 2.32. The van der Waals surface area contributed by atoms with Crippen molar-refractivity contribution in [1.29, 1.82) is 0 Å². The van der Waals surface area contributed by atoms with Gasteiger partial charge in [0.05, 0.1) is 5.60 Å². The van der Waals surface area contributed by atoms with Gasteiger partial charge < -0.3 is 15.5 Å². The van der Waals surface area contributed by atoms with Crippen LogP contribution >= 0.6 is 0 Å². The molecule has 1 unspecified atom stereocenters. The first-order chi connectivity index (χ1) is 8.47. The minimum atomic E-state index is -0.809. The van der Waals surface area contributed by atoms with E-state index >= 15 is 0 Å². The van der Waals surface area contributed by atoms with Crippen LogP contribution in [-0.4, -0.2) is 34.4 Å². The number of carbonyl (C=O) groups is 1. The monoisotopic (exact) mass is 257 g/mol. The molecule has 1 rings (SSSR count). The molecule has 0 aromatic heterocycles. The molecule has 0 aromatic carbocycles. The van der Waals surface area contributed by atoms with Crippen LogP contribution < -0.4 is 5.32 Å². The van der Waals surface area contributed by atoms with Crippen molar-refractivity contribution in [2.24, 2.45) is 5.92 Å². The van der Waals surface area contributed by atoms with Gasteiger partial charge >= 0.3 is 5.97 Å². The van der Waals surface area contributed by atoms with Crippen molar-refractivity contribution in [3.8, 4) is 0 Å². The molecule has 4 heteroatoms. The molecule has 1 aliphatic rings. The Morgan fingerprint density at radius 1 is 1.44 bits per heavy atom. The summed E-state index contributed by atoms with van der Waals surface area (Å²) in [5, 5.41) is 22.5. The predicted molar refractivity (Wildman–Crippen MR) is 71.5 cm³/mol. The Bertz CT molecular complexity index is 260. The third kappa shape index (κ3) is 4.94. The topological polar surface area (TPSA) is 69.6 Å². The van der Waals surface area contributed by atoms with Gasteiger partial charge in [-0.15, -0.1) is 0 Å². The first kappa shape index (κ1) is 15.4. The van der Waals surface area contributed by atoms with E-state index in [1.165, 1.54) is 0 Å². The summed E-state index contributed by atoms with van der Waals surface area (Å²) in [4.78, 5) is 11.1. The molecule has 1 aliphatic carbocycles. The summed E-state index contributed by atoms with van der Waals surface area (Å²) in [6.07, 6.45) is 6.16. The molecule has 0 radical (unpaired) electrons. The highest BCUT2D eigenvalue weighted by atomic mass is 16.4. The molecule has 1 atom stereocenters. The summed E-state index contributed by atoms with van der Waals surface area (Å²) >= 11 is 0. The largest absolute Gasteiger partial charge is 0.480 e. The second-order valence-electron chi connectivity index (χ2n) is 5.82.